The molecule has 0 radical (unpaired) electrons. The average molecular weight is 380 g/mol. The van der Waals surface area contributed by atoms with Crippen molar-refractivity contribution in [3.63, 3.8) is 0 Å². The van der Waals surface area contributed by atoms with Crippen molar-refractivity contribution in [1.29, 1.82) is 0 Å². The molecule has 0 atom stereocenters. The maximum Gasteiger partial charge on any atom is 0.343 e. The van der Waals surface area contributed by atoms with Gasteiger partial charge in [-0.25, -0.2) is 4.79 Å². The Hall–Kier alpha value is -1.69. The van der Waals surface area contributed by atoms with Crippen LogP contribution in [0, 0.1) is 3.57 Å². The van der Waals surface area contributed by atoms with Gasteiger partial charge in [-0.2, -0.15) is 0 Å². The highest BCUT2D eigenvalue weighted by molar-refractivity contribution is 14.1. The van der Waals surface area contributed by atoms with Gasteiger partial charge in [0.25, 0.3) is 0 Å². The van der Waals surface area contributed by atoms with Crippen LogP contribution in [0.15, 0.2) is 48.5 Å². The fourth-order valence-corrected chi connectivity index (χ4v) is 2.24. The van der Waals surface area contributed by atoms with Crippen molar-refractivity contribution < 1.29 is 14.3 Å². The summed E-state index contributed by atoms with van der Waals surface area (Å²) in [5.41, 5.74) is 1.13. The quantitative estimate of drug-likeness (QED) is 0.347. The summed E-state index contributed by atoms with van der Waals surface area (Å²) in [5, 5.41) is 0. The predicted molar refractivity (Wildman–Crippen MR) is 85.2 cm³/mol. The molecule has 0 aliphatic heterocycles. The van der Waals surface area contributed by atoms with Crippen molar-refractivity contribution in [3.05, 3.63) is 63.2 Å². The van der Waals surface area contributed by atoms with E-state index in [2.05, 4.69) is 22.6 Å². The Bertz CT molecular complexity index is 632. The molecule has 0 bridgehead atoms. The molecule has 0 N–H and O–H groups in total. The molecule has 0 saturated carbocycles. The van der Waals surface area contributed by atoms with E-state index in [1.54, 1.807) is 42.5 Å². The number of hydrogen-bond acceptors (Lipinski definition) is 3. The maximum absolute atomic E-state index is 11.9. The number of hydrogen-bond donors (Lipinski definition) is 0. The third kappa shape index (κ3) is 3.66. The molecule has 0 heterocycles. The van der Waals surface area contributed by atoms with Gasteiger partial charge < -0.3 is 4.74 Å². The average Bonchev–Trinajstić information content (AvgIpc) is 2.47. The topological polar surface area (TPSA) is 43.4 Å². The Balaban J connectivity index is 2.10. The van der Waals surface area contributed by atoms with Gasteiger partial charge >= 0.3 is 5.97 Å². The second-order valence-electron chi connectivity index (χ2n) is 4.20. The standard InChI is InChI=1S/C16H13IO3/c1-2-15(18)11-6-8-14(9-7-11)20-16(19)12-4-3-5-13(17)10-12/h3-10H,2H2,1H3. The molecule has 0 saturated heterocycles. The summed E-state index contributed by atoms with van der Waals surface area (Å²) in [6.07, 6.45) is 0.460. The molecular weight excluding hydrogens is 367 g/mol. The summed E-state index contributed by atoms with van der Waals surface area (Å²) >= 11 is 2.14. The zero-order valence-electron chi connectivity index (χ0n) is 10.9. The van der Waals surface area contributed by atoms with Gasteiger partial charge in [-0.15, -0.1) is 0 Å². The van der Waals surface area contributed by atoms with Crippen LogP contribution in [0.25, 0.3) is 0 Å². The lowest BCUT2D eigenvalue weighted by molar-refractivity contribution is 0.0734. The molecule has 2 rings (SSSR count). The number of rotatable bonds is 4. The number of esters is 1. The van der Waals surface area contributed by atoms with Gasteiger partial charge in [-0.3, -0.25) is 4.79 Å². The first-order chi connectivity index (χ1) is 9.60. The number of Topliss-reactive ketones (excluding diaryl/α,β-unsaturated/α-hetero) is 1. The monoisotopic (exact) mass is 380 g/mol. The minimum atomic E-state index is -0.405. The molecule has 0 aromatic heterocycles. The van der Waals surface area contributed by atoms with Gasteiger partial charge in [0.1, 0.15) is 5.75 Å². The zero-order valence-corrected chi connectivity index (χ0v) is 13.1. The molecule has 0 fully saturated rings. The van der Waals surface area contributed by atoms with E-state index in [1.165, 1.54) is 0 Å². The largest absolute Gasteiger partial charge is 0.423 e. The number of carbonyl (C=O) groups is 2. The summed E-state index contributed by atoms with van der Waals surface area (Å²) in [6, 6.07) is 13.8. The summed E-state index contributed by atoms with van der Waals surface area (Å²) in [7, 11) is 0. The van der Waals surface area contributed by atoms with Crippen LogP contribution < -0.4 is 4.74 Å². The van der Waals surface area contributed by atoms with Gasteiger partial charge in [0, 0.05) is 15.6 Å². The van der Waals surface area contributed by atoms with E-state index in [4.69, 9.17) is 4.74 Å². The third-order valence-corrected chi connectivity index (χ3v) is 3.44. The van der Waals surface area contributed by atoms with Crippen molar-refractivity contribution in [2.45, 2.75) is 13.3 Å². The van der Waals surface area contributed by atoms with Crippen molar-refractivity contribution >= 4 is 34.3 Å². The van der Waals surface area contributed by atoms with Crippen molar-refractivity contribution in [2.75, 3.05) is 0 Å². The molecular formula is C16H13IO3. The predicted octanol–water partition coefficient (Wildman–Crippen LogP) is 4.10. The van der Waals surface area contributed by atoms with Gasteiger partial charge in [0.2, 0.25) is 0 Å². The van der Waals surface area contributed by atoms with E-state index in [9.17, 15) is 9.59 Å². The smallest absolute Gasteiger partial charge is 0.343 e. The minimum absolute atomic E-state index is 0.0699. The number of benzene rings is 2. The molecule has 0 amide bonds. The first kappa shape index (κ1) is 14.7. The molecule has 2 aromatic rings. The first-order valence-electron chi connectivity index (χ1n) is 6.21. The fraction of sp³-hybridized carbons (Fsp3) is 0.125. The van der Waals surface area contributed by atoms with E-state index in [-0.39, 0.29) is 5.78 Å². The van der Waals surface area contributed by atoms with Gasteiger partial charge in [-0.05, 0) is 65.1 Å². The Labute approximate surface area is 131 Å². The molecule has 0 aliphatic rings. The summed E-state index contributed by atoms with van der Waals surface area (Å²) in [5.74, 6) is 0.0973. The van der Waals surface area contributed by atoms with E-state index >= 15 is 0 Å². The van der Waals surface area contributed by atoms with Crippen LogP contribution in [-0.2, 0) is 0 Å². The van der Waals surface area contributed by atoms with E-state index < -0.39 is 5.97 Å². The van der Waals surface area contributed by atoms with E-state index in [1.807, 2.05) is 13.0 Å². The number of carbonyl (C=O) groups excluding carboxylic acids is 2. The van der Waals surface area contributed by atoms with Crippen LogP contribution >= 0.6 is 22.6 Å². The van der Waals surface area contributed by atoms with Crippen molar-refractivity contribution in [1.82, 2.24) is 0 Å². The normalized spacial score (nSPS) is 10.1. The number of ether oxygens (including phenoxy) is 1. The molecule has 4 heteroatoms. The molecule has 20 heavy (non-hydrogen) atoms. The van der Waals surface area contributed by atoms with Crippen LogP contribution in [0.2, 0.25) is 0 Å². The maximum atomic E-state index is 11.9. The fourth-order valence-electron chi connectivity index (χ4n) is 1.69. The SMILES string of the molecule is CCC(=O)c1ccc(OC(=O)c2cccc(I)c2)cc1. The summed E-state index contributed by atoms with van der Waals surface area (Å²) < 4.78 is 6.24. The van der Waals surface area contributed by atoms with Crippen molar-refractivity contribution in [2.24, 2.45) is 0 Å². The highest BCUT2D eigenvalue weighted by atomic mass is 127. The molecule has 0 aliphatic carbocycles. The second kappa shape index (κ2) is 6.65. The van der Waals surface area contributed by atoms with Gasteiger partial charge in [0.15, 0.2) is 5.78 Å². The lowest BCUT2D eigenvalue weighted by atomic mass is 10.1. The molecule has 0 unspecified atom stereocenters. The van der Waals surface area contributed by atoms with Crippen LogP contribution in [0.3, 0.4) is 0 Å². The number of ketones is 1. The van der Waals surface area contributed by atoms with Gasteiger partial charge in [-0.1, -0.05) is 13.0 Å². The summed E-state index contributed by atoms with van der Waals surface area (Å²) in [6.45, 7) is 1.81. The van der Waals surface area contributed by atoms with Crippen LogP contribution in [0.5, 0.6) is 5.75 Å². The zero-order chi connectivity index (χ0) is 14.5. The van der Waals surface area contributed by atoms with Crippen LogP contribution in [-0.4, -0.2) is 11.8 Å². The highest BCUT2D eigenvalue weighted by Gasteiger charge is 2.09. The number of halogens is 1. The third-order valence-electron chi connectivity index (χ3n) is 2.77. The minimum Gasteiger partial charge on any atom is -0.423 e. The highest BCUT2D eigenvalue weighted by Crippen LogP contribution is 2.16. The Morgan fingerprint density at radius 3 is 2.35 bits per heavy atom. The molecule has 0 spiro atoms. The first-order valence-corrected chi connectivity index (χ1v) is 7.29. The Morgan fingerprint density at radius 2 is 1.75 bits per heavy atom. The lowest BCUT2D eigenvalue weighted by Gasteiger charge is -2.05. The summed E-state index contributed by atoms with van der Waals surface area (Å²) in [4.78, 5) is 23.4. The van der Waals surface area contributed by atoms with Crippen LogP contribution in [0.4, 0.5) is 0 Å². The molecule has 3 nitrogen and oxygen atoms in total. The van der Waals surface area contributed by atoms with E-state index in [0.29, 0.717) is 23.3 Å². The van der Waals surface area contributed by atoms with Crippen LogP contribution in [0.1, 0.15) is 34.1 Å². The van der Waals surface area contributed by atoms with E-state index in [0.717, 1.165) is 3.57 Å². The lowest BCUT2D eigenvalue weighted by Crippen LogP contribution is -2.08. The van der Waals surface area contributed by atoms with Crippen molar-refractivity contribution in [3.8, 4) is 5.75 Å². The molecule has 102 valence electrons. The molecule has 2 aromatic carbocycles. The second-order valence-corrected chi connectivity index (χ2v) is 5.45. The van der Waals surface area contributed by atoms with Gasteiger partial charge in [0.05, 0.1) is 5.56 Å². The Kier molecular flexibility index (Phi) is 4.89. The Morgan fingerprint density at radius 1 is 1.05 bits per heavy atom.